The molecule has 12 aromatic carbocycles. The molecule has 306 valence electrons. The summed E-state index contributed by atoms with van der Waals surface area (Å²) in [6, 6.07) is 93.1. The Morgan fingerprint density at radius 1 is 0.258 bits per heavy atom. The predicted octanol–water partition coefficient (Wildman–Crippen LogP) is 17.4. The van der Waals surface area contributed by atoms with Crippen molar-refractivity contribution in [2.45, 2.75) is 5.41 Å². The van der Waals surface area contributed by atoms with Crippen molar-refractivity contribution in [3.63, 3.8) is 0 Å². The minimum atomic E-state index is -0.605. The van der Waals surface area contributed by atoms with E-state index < -0.39 is 5.41 Å². The van der Waals surface area contributed by atoms with Crippen LogP contribution >= 0.6 is 0 Å². The van der Waals surface area contributed by atoms with Gasteiger partial charge >= 0.3 is 0 Å². The summed E-state index contributed by atoms with van der Waals surface area (Å²) in [5, 5.41) is 9.96. The molecule has 66 heavy (non-hydrogen) atoms. The third-order valence-corrected chi connectivity index (χ3v) is 14.6. The van der Waals surface area contributed by atoms with Crippen molar-refractivity contribution in [2.75, 3.05) is 4.90 Å². The highest BCUT2D eigenvalue weighted by atomic mass is 15.1. The molecule has 1 unspecified atom stereocenters. The van der Waals surface area contributed by atoms with E-state index in [1.54, 1.807) is 0 Å². The molecule has 0 heterocycles. The van der Waals surface area contributed by atoms with Crippen molar-refractivity contribution in [2.24, 2.45) is 0 Å². The summed E-state index contributed by atoms with van der Waals surface area (Å²) in [6.07, 6.45) is 0. The van der Waals surface area contributed by atoms with Crippen LogP contribution in [0, 0.1) is 0 Å². The van der Waals surface area contributed by atoms with Crippen molar-refractivity contribution in [3.8, 4) is 44.5 Å². The Labute approximate surface area is 384 Å². The van der Waals surface area contributed by atoms with E-state index >= 15 is 0 Å². The molecule has 0 fully saturated rings. The zero-order valence-corrected chi connectivity index (χ0v) is 36.1. The van der Waals surface area contributed by atoms with Gasteiger partial charge in [-0.3, -0.25) is 0 Å². The van der Waals surface area contributed by atoms with Gasteiger partial charge in [-0.15, -0.1) is 0 Å². The number of rotatable bonds is 5. The quantitative estimate of drug-likeness (QED) is 0.167. The average Bonchev–Trinajstić information content (AvgIpc) is 3.39. The van der Waals surface area contributed by atoms with E-state index in [0.29, 0.717) is 0 Å². The highest BCUT2D eigenvalue weighted by molar-refractivity contribution is 6.16. The van der Waals surface area contributed by atoms with Crippen LogP contribution in [-0.2, 0) is 5.41 Å². The molecule has 2 aliphatic rings. The fourth-order valence-corrected chi connectivity index (χ4v) is 11.9. The Hall–Kier alpha value is -8.52. The second kappa shape index (κ2) is 14.2. The predicted molar refractivity (Wildman–Crippen MR) is 278 cm³/mol. The first kappa shape index (κ1) is 36.9. The van der Waals surface area contributed by atoms with Crippen molar-refractivity contribution in [1.29, 1.82) is 0 Å². The lowest BCUT2D eigenvalue weighted by atomic mass is 9.55. The topological polar surface area (TPSA) is 3.24 Å². The van der Waals surface area contributed by atoms with Crippen LogP contribution in [0.5, 0.6) is 0 Å². The maximum absolute atomic E-state index is 2.54. The summed E-state index contributed by atoms with van der Waals surface area (Å²) < 4.78 is 0. The van der Waals surface area contributed by atoms with Crippen LogP contribution in [0.15, 0.2) is 249 Å². The van der Waals surface area contributed by atoms with Gasteiger partial charge in [-0.2, -0.15) is 0 Å². The molecule has 0 saturated heterocycles. The molecule has 0 amide bonds. The van der Waals surface area contributed by atoms with Crippen LogP contribution in [-0.4, -0.2) is 0 Å². The van der Waals surface area contributed by atoms with Crippen LogP contribution in [0.1, 0.15) is 22.3 Å². The maximum Gasteiger partial charge on any atom is 0.0725 e. The second-order valence-electron chi connectivity index (χ2n) is 17.9. The molecule has 1 heteroatoms. The van der Waals surface area contributed by atoms with Crippen molar-refractivity contribution in [3.05, 3.63) is 271 Å². The lowest BCUT2D eigenvalue weighted by Crippen LogP contribution is -2.36. The third-order valence-electron chi connectivity index (χ3n) is 14.6. The molecule has 2 aliphatic carbocycles. The van der Waals surface area contributed by atoms with Gasteiger partial charge in [0, 0.05) is 16.6 Å². The van der Waals surface area contributed by atoms with Gasteiger partial charge in [-0.05, 0) is 129 Å². The number of nitrogens with zero attached hydrogens (tertiary/aromatic N) is 1. The lowest BCUT2D eigenvalue weighted by Gasteiger charge is -2.46. The van der Waals surface area contributed by atoms with Crippen molar-refractivity contribution >= 4 is 60.2 Å². The fourth-order valence-electron chi connectivity index (χ4n) is 11.9. The third kappa shape index (κ3) is 5.17. The summed E-state index contributed by atoms with van der Waals surface area (Å²) >= 11 is 0. The van der Waals surface area contributed by atoms with Gasteiger partial charge in [-0.1, -0.05) is 218 Å². The number of hydrogen-bond acceptors (Lipinski definition) is 1. The van der Waals surface area contributed by atoms with Crippen molar-refractivity contribution in [1.82, 2.24) is 0 Å². The smallest absolute Gasteiger partial charge is 0.0725 e. The van der Waals surface area contributed by atoms with E-state index in [4.69, 9.17) is 0 Å². The molecule has 0 saturated carbocycles. The Morgan fingerprint density at radius 3 is 1.41 bits per heavy atom. The molecule has 1 spiro atoms. The van der Waals surface area contributed by atoms with Gasteiger partial charge in [0.2, 0.25) is 0 Å². The highest BCUT2D eigenvalue weighted by Gasteiger charge is 2.48. The zero-order valence-electron chi connectivity index (χ0n) is 36.1. The first-order valence-corrected chi connectivity index (χ1v) is 23.0. The van der Waals surface area contributed by atoms with Crippen LogP contribution in [0.25, 0.3) is 87.6 Å². The van der Waals surface area contributed by atoms with Gasteiger partial charge in [0.15, 0.2) is 0 Å². The van der Waals surface area contributed by atoms with Gasteiger partial charge in [0.25, 0.3) is 0 Å². The number of benzene rings is 12. The van der Waals surface area contributed by atoms with Gasteiger partial charge in [-0.25, -0.2) is 0 Å². The van der Waals surface area contributed by atoms with Crippen LogP contribution in [0.2, 0.25) is 0 Å². The Bertz CT molecular complexity index is 3940. The van der Waals surface area contributed by atoms with E-state index in [2.05, 4.69) is 254 Å². The molecule has 0 aliphatic heterocycles. The zero-order chi connectivity index (χ0) is 43.3. The van der Waals surface area contributed by atoms with E-state index in [1.165, 1.54) is 110 Å². The normalized spacial score (nSPS) is 14.4. The number of fused-ring (bicyclic) bond motifs is 10. The summed E-state index contributed by atoms with van der Waals surface area (Å²) in [5.41, 5.74) is 18.0. The molecular formula is C65H41N. The van der Waals surface area contributed by atoms with Crippen molar-refractivity contribution < 1.29 is 0 Å². The van der Waals surface area contributed by atoms with Gasteiger partial charge < -0.3 is 4.90 Å². The molecule has 0 bridgehead atoms. The van der Waals surface area contributed by atoms with E-state index in [9.17, 15) is 0 Å². The Balaban J connectivity index is 1.12. The lowest BCUT2D eigenvalue weighted by molar-refractivity contribution is 0.754. The molecule has 1 nitrogen and oxygen atoms in total. The minimum absolute atomic E-state index is 0.605. The molecule has 12 aromatic rings. The summed E-state index contributed by atoms with van der Waals surface area (Å²) in [6.45, 7) is 0. The number of hydrogen-bond donors (Lipinski definition) is 0. The Kier molecular flexibility index (Phi) is 7.97. The molecule has 0 aromatic heterocycles. The second-order valence-corrected chi connectivity index (χ2v) is 17.9. The monoisotopic (exact) mass is 835 g/mol. The van der Waals surface area contributed by atoms with Gasteiger partial charge in [0.05, 0.1) is 16.8 Å². The first-order chi connectivity index (χ1) is 32.8. The molecule has 1 atom stereocenters. The standard InChI is InChI=1S/C65H41N/c1-3-18-43(19-4-1)49-35-36-53-50-25-11-13-29-57(50)65(59-31-15-27-52(49)63(53)59)58-30-14-12-26-51(58)54-37-38-61(55-28-16-32-60(65)64(54)55)66(48-34-33-42-17-7-8-22-45(42)39-48)62-41-47-24-10-9-23-46(47)40-56(62)44-20-5-2-6-21-44/h1-41H. The minimum Gasteiger partial charge on any atom is -0.309 e. The fraction of sp³-hybridized carbons (Fsp3) is 0.0154. The van der Waals surface area contributed by atoms with E-state index in [-0.39, 0.29) is 0 Å². The average molecular weight is 836 g/mol. The molecule has 0 radical (unpaired) electrons. The largest absolute Gasteiger partial charge is 0.309 e. The summed E-state index contributed by atoms with van der Waals surface area (Å²) in [5.74, 6) is 0. The van der Waals surface area contributed by atoms with Crippen LogP contribution < -0.4 is 4.90 Å². The maximum atomic E-state index is 2.54. The number of anilines is 3. The van der Waals surface area contributed by atoms with Crippen LogP contribution in [0.3, 0.4) is 0 Å². The highest BCUT2D eigenvalue weighted by Crippen LogP contribution is 2.62. The van der Waals surface area contributed by atoms with E-state index in [1.807, 2.05) is 0 Å². The summed E-state index contributed by atoms with van der Waals surface area (Å²) in [7, 11) is 0. The van der Waals surface area contributed by atoms with Crippen LogP contribution in [0.4, 0.5) is 17.1 Å². The molecule has 0 N–H and O–H groups in total. The SMILES string of the molecule is c1ccc(-c2cc3ccccc3cc2N(c2ccc3ccccc3c2)c2ccc3c4c(cccc24)C2(c4ccccc4-c4ccc(-c5ccccc5)c5cccc2c45)c2ccccc2-3)cc1. The van der Waals surface area contributed by atoms with Gasteiger partial charge in [0.1, 0.15) is 0 Å². The molecular weight excluding hydrogens is 795 g/mol. The summed E-state index contributed by atoms with van der Waals surface area (Å²) in [4.78, 5) is 2.54. The first-order valence-electron chi connectivity index (χ1n) is 23.0. The van der Waals surface area contributed by atoms with E-state index in [0.717, 1.165) is 17.1 Å². The molecule has 14 rings (SSSR count). The Morgan fingerprint density at radius 2 is 0.742 bits per heavy atom.